The van der Waals surface area contributed by atoms with Crippen molar-refractivity contribution in [2.45, 2.75) is 49.0 Å². The summed E-state index contributed by atoms with van der Waals surface area (Å²) >= 11 is 0. The molecule has 2 atom stereocenters. The van der Waals surface area contributed by atoms with Crippen molar-refractivity contribution < 1.29 is 27.9 Å². The van der Waals surface area contributed by atoms with Crippen LogP contribution in [0.15, 0.2) is 55.1 Å². The molecule has 5 N–H and O–H groups in total. The molecular weight excluding hydrogens is 512 g/mol. The van der Waals surface area contributed by atoms with Crippen molar-refractivity contribution in [2.75, 3.05) is 14.2 Å². The van der Waals surface area contributed by atoms with Crippen molar-refractivity contribution in [1.29, 1.82) is 0 Å². The Morgan fingerprint density at radius 2 is 1.71 bits per heavy atom. The molecule has 0 aromatic carbocycles. The van der Waals surface area contributed by atoms with Gasteiger partial charge < -0.3 is 9.84 Å². The van der Waals surface area contributed by atoms with Gasteiger partial charge in [0.15, 0.2) is 28.2 Å². The van der Waals surface area contributed by atoms with Crippen molar-refractivity contribution >= 4 is 39.9 Å². The fraction of sp³-hybridized carbons (Fsp3) is 0.400. The number of fused-ring (bicyclic) bond motifs is 1. The minimum Gasteiger partial charge on any atom is -0.465 e. The van der Waals surface area contributed by atoms with E-state index in [2.05, 4.69) is 23.1 Å². The van der Waals surface area contributed by atoms with Gasteiger partial charge in [0, 0.05) is 19.5 Å². The number of carbonyl (C=O) groups excluding carboxylic acids is 2. The zero-order valence-electron chi connectivity index (χ0n) is 20.7. The third-order valence-corrected chi connectivity index (χ3v) is 13.9. The quantitative estimate of drug-likeness (QED) is 0.385. The smallest absolute Gasteiger partial charge is 0.340 e. The van der Waals surface area contributed by atoms with Crippen LogP contribution in [0.1, 0.15) is 41.5 Å². The van der Waals surface area contributed by atoms with E-state index in [0.717, 1.165) is 7.11 Å². The lowest BCUT2D eigenvalue weighted by Crippen LogP contribution is -2.38. The standard InChI is InChI=1S/C13H23N3O3SSi.C6H5N3O2S.CH4O/c1-13(2,3)21(5,6)16-20(14,18)11-10(12(17)19-4)8-7-9-15-11;7-12(11)6-4(5(10)9-12)2-1-3-8-6;1-2/h7-9H,1-6H3,(H2,14,16,18);1-3H,(H2,7,9,10,11);2H,1H3. The lowest BCUT2D eigenvalue weighted by atomic mass is 10.2. The van der Waals surface area contributed by atoms with Crippen molar-refractivity contribution in [2.24, 2.45) is 18.7 Å². The average Bonchev–Trinajstić information content (AvgIpc) is 3.02. The largest absolute Gasteiger partial charge is 0.465 e. The van der Waals surface area contributed by atoms with Crippen LogP contribution in [0.25, 0.3) is 0 Å². The molecule has 15 heteroatoms. The topological polar surface area (TPSA) is 200 Å². The van der Waals surface area contributed by atoms with Gasteiger partial charge in [0.1, 0.15) is 9.92 Å². The van der Waals surface area contributed by atoms with E-state index in [9.17, 15) is 18.0 Å². The highest BCUT2D eigenvalue weighted by atomic mass is 32.2. The van der Waals surface area contributed by atoms with Gasteiger partial charge in [-0.05, 0) is 42.4 Å². The number of aliphatic hydroxyl groups excluding tert-OH is 1. The van der Waals surface area contributed by atoms with Crippen LogP contribution < -0.4 is 10.3 Å². The predicted octanol–water partition coefficient (Wildman–Crippen LogP) is 2.12. The Balaban J connectivity index is 0.000000367. The number of rotatable bonds is 3. The summed E-state index contributed by atoms with van der Waals surface area (Å²) in [4.78, 5) is 30.5. The Hall–Kier alpha value is -2.56. The van der Waals surface area contributed by atoms with Crippen molar-refractivity contribution in [3.63, 3.8) is 0 Å². The number of nitrogens with zero attached hydrogens (tertiary/aromatic N) is 4. The van der Waals surface area contributed by atoms with Crippen molar-refractivity contribution in [3.05, 3.63) is 47.8 Å². The molecule has 3 heterocycles. The van der Waals surface area contributed by atoms with Gasteiger partial charge in [0.25, 0.3) is 5.91 Å². The van der Waals surface area contributed by atoms with Crippen LogP contribution in [-0.2, 0) is 24.6 Å². The van der Waals surface area contributed by atoms with E-state index in [1.165, 1.54) is 31.6 Å². The maximum absolute atomic E-state index is 12.9. The number of ether oxygens (including phenoxy) is 1. The number of methoxy groups -OCH3 is 1. The highest BCUT2D eigenvalue weighted by Crippen LogP contribution is 2.37. The summed E-state index contributed by atoms with van der Waals surface area (Å²) in [6.45, 7) is 10.1. The summed E-state index contributed by atoms with van der Waals surface area (Å²) in [5.74, 6) is -1.17. The maximum Gasteiger partial charge on any atom is 0.340 e. The van der Waals surface area contributed by atoms with E-state index in [1.807, 2.05) is 33.9 Å². The lowest BCUT2D eigenvalue weighted by Gasteiger charge is -2.32. The van der Waals surface area contributed by atoms with Crippen LogP contribution in [0.4, 0.5) is 0 Å². The first-order valence-corrected chi connectivity index (χ1v) is 16.2. The summed E-state index contributed by atoms with van der Waals surface area (Å²) in [6.07, 6.45) is 2.87. The molecule has 0 spiro atoms. The van der Waals surface area contributed by atoms with Crippen molar-refractivity contribution in [3.8, 4) is 0 Å². The molecule has 0 aliphatic carbocycles. The van der Waals surface area contributed by atoms with Crippen molar-refractivity contribution in [1.82, 2.24) is 9.97 Å². The minimum absolute atomic E-state index is 0.0123. The number of hydrogen-bond acceptors (Lipinski definition) is 9. The highest BCUT2D eigenvalue weighted by Gasteiger charge is 2.38. The summed E-state index contributed by atoms with van der Waals surface area (Å²) < 4.78 is 36.6. The zero-order valence-corrected chi connectivity index (χ0v) is 23.3. The molecule has 2 aromatic heterocycles. The summed E-state index contributed by atoms with van der Waals surface area (Å²) in [5, 5.41) is 18.2. The molecular formula is C20H32N6O6S2Si. The molecule has 0 fully saturated rings. The SMILES string of the molecule is CO.COC(=O)c1cccnc1S(N)(=O)=N[Si](C)(C)C(C)(C)C.NS1(=O)=NC(=O)c2cccnc21. The molecule has 3 rings (SSSR count). The fourth-order valence-electron chi connectivity index (χ4n) is 2.41. The van der Waals surface area contributed by atoms with E-state index >= 15 is 0 Å². The van der Waals surface area contributed by atoms with Gasteiger partial charge in [-0.25, -0.2) is 33.5 Å². The number of aromatic nitrogens is 2. The van der Waals surface area contributed by atoms with Gasteiger partial charge in [-0.15, -0.1) is 4.36 Å². The molecule has 0 bridgehead atoms. The molecule has 2 aromatic rings. The first-order valence-electron chi connectivity index (χ1n) is 10.1. The van der Waals surface area contributed by atoms with Crippen LogP contribution in [0, 0.1) is 0 Å². The third-order valence-electron chi connectivity index (χ3n) is 5.15. The van der Waals surface area contributed by atoms with Crippen LogP contribution in [0.2, 0.25) is 18.1 Å². The Bertz CT molecular complexity index is 1340. The summed E-state index contributed by atoms with van der Waals surface area (Å²) in [6, 6.07) is 6.14. The van der Waals surface area contributed by atoms with Crippen LogP contribution >= 0.6 is 0 Å². The normalized spacial score (nSPS) is 18.4. The zero-order chi connectivity index (χ0) is 27.2. The van der Waals surface area contributed by atoms with Gasteiger partial charge in [0.2, 0.25) is 0 Å². The average molecular weight is 545 g/mol. The Kier molecular flexibility index (Phi) is 9.97. The molecule has 1 aliphatic heterocycles. The second-order valence-electron chi connectivity index (χ2n) is 8.64. The van der Waals surface area contributed by atoms with E-state index in [0.29, 0.717) is 0 Å². The minimum atomic E-state index is -3.26. The maximum atomic E-state index is 12.9. The molecule has 2 unspecified atom stereocenters. The van der Waals surface area contributed by atoms with E-state index in [4.69, 9.17) is 15.4 Å². The van der Waals surface area contributed by atoms with Crippen LogP contribution in [-0.4, -0.2) is 57.8 Å². The third kappa shape index (κ3) is 7.22. The van der Waals surface area contributed by atoms with E-state index in [1.54, 1.807) is 12.1 Å². The van der Waals surface area contributed by atoms with Gasteiger partial charge in [-0.3, -0.25) is 8.82 Å². The van der Waals surface area contributed by atoms with E-state index in [-0.39, 0.29) is 26.2 Å². The first-order chi connectivity index (χ1) is 16.0. The van der Waals surface area contributed by atoms with E-state index < -0.39 is 39.9 Å². The first kappa shape index (κ1) is 30.5. The second kappa shape index (κ2) is 11.4. The molecule has 0 saturated heterocycles. The molecule has 194 valence electrons. The lowest BCUT2D eigenvalue weighted by molar-refractivity contribution is 0.0595. The molecule has 0 radical (unpaired) electrons. The predicted molar refractivity (Wildman–Crippen MR) is 136 cm³/mol. The second-order valence-corrected chi connectivity index (χ2v) is 17.2. The van der Waals surface area contributed by atoms with Crippen LogP contribution in [0.3, 0.4) is 0 Å². The van der Waals surface area contributed by atoms with Gasteiger partial charge in [-0.2, -0.15) is 0 Å². The molecule has 35 heavy (non-hydrogen) atoms. The van der Waals surface area contributed by atoms with Gasteiger partial charge in [0.05, 0.1) is 18.2 Å². The number of hydrogen-bond donors (Lipinski definition) is 3. The Labute approximate surface area is 207 Å². The molecule has 12 nitrogen and oxygen atoms in total. The highest BCUT2D eigenvalue weighted by molar-refractivity contribution is 7.92. The number of carbonyl (C=O) groups is 2. The Morgan fingerprint density at radius 3 is 2.23 bits per heavy atom. The summed E-state index contributed by atoms with van der Waals surface area (Å²) in [7, 11) is -6.31. The van der Waals surface area contributed by atoms with Crippen LogP contribution in [0.5, 0.6) is 0 Å². The number of esters is 1. The number of aliphatic hydroxyl groups is 1. The summed E-state index contributed by atoms with van der Waals surface area (Å²) in [5.41, 5.74) is 0.333. The molecule has 0 saturated carbocycles. The monoisotopic (exact) mass is 544 g/mol. The Morgan fingerprint density at radius 1 is 1.17 bits per heavy atom. The number of amides is 1. The number of nitrogens with two attached hydrogens (primary N) is 2. The van der Waals surface area contributed by atoms with Gasteiger partial charge in [-0.1, -0.05) is 20.8 Å². The van der Waals surface area contributed by atoms with Gasteiger partial charge >= 0.3 is 5.97 Å². The molecule has 1 amide bonds. The molecule has 1 aliphatic rings. The fourth-order valence-corrected chi connectivity index (χ4v) is 8.36. The number of pyridine rings is 2.